The van der Waals surface area contributed by atoms with Gasteiger partial charge in [0.2, 0.25) is 5.78 Å². The topological polar surface area (TPSA) is 87.4 Å². The van der Waals surface area contributed by atoms with Crippen LogP contribution in [0.25, 0.3) is 0 Å². The van der Waals surface area contributed by atoms with Crippen LogP contribution in [-0.4, -0.2) is 29.2 Å². The number of nitriles is 1. The van der Waals surface area contributed by atoms with E-state index < -0.39 is 22.8 Å². The Kier molecular flexibility index (Phi) is 2.58. The number of hydrogen-bond donors (Lipinski definition) is 1. The summed E-state index contributed by atoms with van der Waals surface area (Å²) in [4.78, 5) is 21.7. The molecule has 1 atom stereocenters. The Morgan fingerprint density at radius 1 is 1.77 bits per heavy atom. The molecular formula is C7H5NO4S. The van der Waals surface area contributed by atoms with Gasteiger partial charge in [-0.15, -0.1) is 0 Å². The summed E-state index contributed by atoms with van der Waals surface area (Å²) in [5.74, 6) is -2.22. The van der Waals surface area contributed by atoms with Gasteiger partial charge in [0.1, 0.15) is 4.91 Å². The van der Waals surface area contributed by atoms with Crippen LogP contribution in [0.1, 0.15) is 0 Å². The molecule has 13 heavy (non-hydrogen) atoms. The summed E-state index contributed by atoms with van der Waals surface area (Å²) in [5, 5.41) is 16.5. The molecule has 0 saturated carbocycles. The molecule has 1 unspecified atom stereocenters. The third-order valence-corrected chi connectivity index (χ3v) is 2.56. The Bertz CT molecular complexity index is 341. The predicted octanol–water partition coefficient (Wildman–Crippen LogP) is 0.137. The van der Waals surface area contributed by atoms with Crippen LogP contribution in [0.15, 0.2) is 10.7 Å². The zero-order valence-corrected chi connectivity index (χ0v) is 7.42. The average Bonchev–Trinajstić information content (AvgIpc) is 2.43. The van der Waals surface area contributed by atoms with Crippen molar-refractivity contribution >= 4 is 23.5 Å². The number of Topliss-reactive ketones (excluding diaryl/α,β-unsaturated/α-hetero) is 1. The summed E-state index contributed by atoms with van der Waals surface area (Å²) in [6, 6.07) is 1.66. The molecule has 1 aliphatic rings. The molecular weight excluding hydrogens is 194 g/mol. The number of ketones is 1. The first-order chi connectivity index (χ1) is 6.11. The maximum Gasteiger partial charge on any atom is 0.348 e. The molecule has 0 radical (unpaired) electrons. The van der Waals surface area contributed by atoms with Crippen molar-refractivity contribution in [2.24, 2.45) is 0 Å². The van der Waals surface area contributed by atoms with Gasteiger partial charge in [0.05, 0.1) is 13.2 Å². The van der Waals surface area contributed by atoms with Crippen LogP contribution < -0.4 is 0 Å². The van der Waals surface area contributed by atoms with E-state index in [1.807, 2.05) is 0 Å². The molecule has 68 valence electrons. The van der Waals surface area contributed by atoms with Crippen molar-refractivity contribution < 1.29 is 19.4 Å². The molecule has 0 saturated heterocycles. The van der Waals surface area contributed by atoms with Crippen LogP contribution in [0.5, 0.6) is 0 Å². The summed E-state index contributed by atoms with van der Waals surface area (Å²) < 4.78 is 4.31. The van der Waals surface area contributed by atoms with E-state index in [0.29, 0.717) is 11.8 Å². The van der Waals surface area contributed by atoms with Crippen molar-refractivity contribution in [2.45, 2.75) is 5.25 Å². The molecule has 6 heteroatoms. The highest BCUT2D eigenvalue weighted by molar-refractivity contribution is 8.06. The highest BCUT2D eigenvalue weighted by atomic mass is 32.2. The van der Waals surface area contributed by atoms with Gasteiger partial charge < -0.3 is 9.84 Å². The average molecular weight is 199 g/mol. The van der Waals surface area contributed by atoms with Crippen LogP contribution in [-0.2, 0) is 14.3 Å². The van der Waals surface area contributed by atoms with Gasteiger partial charge in [-0.05, 0) is 0 Å². The van der Waals surface area contributed by atoms with E-state index in [1.165, 1.54) is 0 Å². The summed E-state index contributed by atoms with van der Waals surface area (Å²) in [7, 11) is 1.13. The van der Waals surface area contributed by atoms with Crippen molar-refractivity contribution in [3.63, 3.8) is 0 Å². The molecule has 5 nitrogen and oxygen atoms in total. The highest BCUT2D eigenvalue weighted by Gasteiger charge is 2.37. The van der Waals surface area contributed by atoms with Gasteiger partial charge in [-0.2, -0.15) is 5.26 Å². The molecule has 0 aromatic rings. The molecule has 0 fully saturated rings. The Balaban J connectivity index is 2.96. The van der Waals surface area contributed by atoms with Crippen molar-refractivity contribution in [1.29, 1.82) is 5.26 Å². The van der Waals surface area contributed by atoms with Gasteiger partial charge in [0, 0.05) is 0 Å². The number of aliphatic hydroxyl groups is 1. The Labute approximate surface area is 78.0 Å². The minimum atomic E-state index is -1.03. The number of allylic oxidation sites excluding steroid dienone is 1. The Hall–Kier alpha value is -1.48. The molecule has 1 rings (SSSR count). The lowest BCUT2D eigenvalue weighted by atomic mass is 10.2. The van der Waals surface area contributed by atoms with Crippen LogP contribution in [0, 0.1) is 11.3 Å². The second-order valence-electron chi connectivity index (χ2n) is 2.16. The Morgan fingerprint density at radius 3 is 2.77 bits per heavy atom. The summed E-state index contributed by atoms with van der Waals surface area (Å²) in [6.07, 6.45) is 0. The number of methoxy groups -OCH3 is 1. The molecule has 1 heterocycles. The number of carbonyl (C=O) groups excluding carboxylic acids is 2. The largest absolute Gasteiger partial charge is 0.503 e. The second kappa shape index (κ2) is 3.49. The lowest BCUT2D eigenvalue weighted by molar-refractivity contribution is -0.135. The molecule has 0 aromatic heterocycles. The van der Waals surface area contributed by atoms with E-state index in [0.717, 1.165) is 7.11 Å². The molecule has 1 aliphatic heterocycles. The molecule has 0 spiro atoms. The lowest BCUT2D eigenvalue weighted by Crippen LogP contribution is -2.10. The number of ether oxygens (including phenoxy) is 1. The minimum absolute atomic E-state index is 0.195. The quantitative estimate of drug-likeness (QED) is 0.604. The number of thioether (sulfide) groups is 1. The van der Waals surface area contributed by atoms with Gasteiger partial charge >= 0.3 is 5.97 Å². The fourth-order valence-corrected chi connectivity index (χ4v) is 1.68. The Morgan fingerprint density at radius 2 is 2.38 bits per heavy atom. The number of hydrogen-bond acceptors (Lipinski definition) is 6. The third-order valence-electron chi connectivity index (χ3n) is 1.41. The summed E-state index contributed by atoms with van der Waals surface area (Å²) >= 11 is 0.704. The smallest absolute Gasteiger partial charge is 0.348 e. The number of nitrogens with zero attached hydrogens (tertiary/aromatic N) is 1. The van der Waals surface area contributed by atoms with E-state index in [9.17, 15) is 9.59 Å². The molecule has 0 amide bonds. The molecule has 0 aliphatic carbocycles. The zero-order valence-electron chi connectivity index (χ0n) is 6.60. The van der Waals surface area contributed by atoms with Crippen molar-refractivity contribution in [1.82, 2.24) is 0 Å². The number of esters is 1. The first kappa shape index (κ1) is 9.61. The van der Waals surface area contributed by atoms with Gasteiger partial charge in [0.15, 0.2) is 11.0 Å². The van der Waals surface area contributed by atoms with Crippen molar-refractivity contribution in [2.75, 3.05) is 7.11 Å². The van der Waals surface area contributed by atoms with Crippen LogP contribution in [0.3, 0.4) is 0 Å². The van der Waals surface area contributed by atoms with Gasteiger partial charge in [-0.1, -0.05) is 11.8 Å². The van der Waals surface area contributed by atoms with Crippen molar-refractivity contribution in [3.8, 4) is 6.07 Å². The number of carbonyl (C=O) groups is 2. The van der Waals surface area contributed by atoms with Gasteiger partial charge in [-0.25, -0.2) is 4.79 Å². The van der Waals surface area contributed by atoms with E-state index in [2.05, 4.69) is 4.74 Å². The van der Waals surface area contributed by atoms with Crippen LogP contribution >= 0.6 is 11.8 Å². The molecule has 1 N–H and O–H groups in total. The fourth-order valence-electron chi connectivity index (χ4n) is 0.786. The predicted molar refractivity (Wildman–Crippen MR) is 43.7 cm³/mol. The minimum Gasteiger partial charge on any atom is -0.503 e. The monoisotopic (exact) mass is 199 g/mol. The normalized spacial score (nSPS) is 21.5. The highest BCUT2D eigenvalue weighted by Crippen LogP contribution is 2.34. The second-order valence-corrected chi connectivity index (χ2v) is 3.28. The van der Waals surface area contributed by atoms with E-state index in [-0.39, 0.29) is 4.91 Å². The first-order valence-electron chi connectivity index (χ1n) is 3.24. The standard InChI is InChI=1S/C7H5NO4S/c1-12-7(11)6-5(10)4(9)3(2-8)13-6/h3,10H,1H3. The summed E-state index contributed by atoms with van der Waals surface area (Å²) in [6.45, 7) is 0. The lowest BCUT2D eigenvalue weighted by Gasteiger charge is -1.97. The first-order valence-corrected chi connectivity index (χ1v) is 4.11. The van der Waals surface area contributed by atoms with E-state index in [1.54, 1.807) is 6.07 Å². The number of aliphatic hydroxyl groups excluding tert-OH is 1. The fraction of sp³-hybridized carbons (Fsp3) is 0.286. The van der Waals surface area contributed by atoms with Crippen LogP contribution in [0.4, 0.5) is 0 Å². The maximum absolute atomic E-state index is 11.0. The summed E-state index contributed by atoms with van der Waals surface area (Å²) in [5.41, 5.74) is 0. The maximum atomic E-state index is 11.0. The SMILES string of the molecule is COC(=O)C1=C(O)C(=O)C(C#N)S1. The van der Waals surface area contributed by atoms with Crippen molar-refractivity contribution in [3.05, 3.63) is 10.7 Å². The molecule has 0 aromatic carbocycles. The zero-order chi connectivity index (χ0) is 10.0. The third kappa shape index (κ3) is 1.51. The van der Waals surface area contributed by atoms with Gasteiger partial charge in [-0.3, -0.25) is 4.79 Å². The van der Waals surface area contributed by atoms with Crippen LogP contribution in [0.2, 0.25) is 0 Å². The van der Waals surface area contributed by atoms with E-state index >= 15 is 0 Å². The number of rotatable bonds is 1. The molecule has 0 bridgehead atoms. The van der Waals surface area contributed by atoms with E-state index in [4.69, 9.17) is 10.4 Å². The van der Waals surface area contributed by atoms with Gasteiger partial charge in [0.25, 0.3) is 0 Å².